The van der Waals surface area contributed by atoms with E-state index in [1.807, 2.05) is 12.1 Å². The standard InChI is InChI=1S/C21H25N5O3/c1-25-13-15(11-20(25)28)21(29)23-16-4-6-17(7-5-16)26-19(27)9-8-18(24-26)14-3-2-10-22-12-14/h2-3,8-10,12,15-17H,4-7,11,13H2,1H3,(H,23,29). The van der Waals surface area contributed by atoms with Crippen molar-refractivity contribution in [3.05, 3.63) is 47.0 Å². The van der Waals surface area contributed by atoms with Crippen molar-refractivity contribution in [3.8, 4) is 11.3 Å². The van der Waals surface area contributed by atoms with Crippen LogP contribution in [0.5, 0.6) is 0 Å². The van der Waals surface area contributed by atoms with Gasteiger partial charge in [0.25, 0.3) is 5.56 Å². The number of aromatic nitrogens is 3. The quantitative estimate of drug-likeness (QED) is 0.844. The molecule has 2 aromatic rings. The Morgan fingerprint density at radius 1 is 1.14 bits per heavy atom. The van der Waals surface area contributed by atoms with E-state index in [0.29, 0.717) is 6.54 Å². The number of pyridine rings is 1. The molecule has 1 aliphatic heterocycles. The van der Waals surface area contributed by atoms with Crippen molar-refractivity contribution in [1.82, 2.24) is 25.0 Å². The second-order valence-electron chi connectivity index (χ2n) is 7.93. The Kier molecular flexibility index (Phi) is 5.42. The minimum atomic E-state index is -0.259. The first-order chi connectivity index (χ1) is 14.0. The molecular weight excluding hydrogens is 370 g/mol. The normalized spacial score (nSPS) is 24.5. The molecule has 0 spiro atoms. The molecule has 1 N–H and O–H groups in total. The molecule has 8 heteroatoms. The summed E-state index contributed by atoms with van der Waals surface area (Å²) >= 11 is 0. The third-order valence-corrected chi connectivity index (χ3v) is 5.88. The van der Waals surface area contributed by atoms with Crippen LogP contribution in [-0.4, -0.2) is 51.1 Å². The highest BCUT2D eigenvalue weighted by Gasteiger charge is 2.34. The second kappa shape index (κ2) is 8.14. The number of hydrogen-bond donors (Lipinski definition) is 1. The molecule has 0 radical (unpaired) electrons. The summed E-state index contributed by atoms with van der Waals surface area (Å²) in [6.45, 7) is 0.487. The van der Waals surface area contributed by atoms with Crippen LogP contribution in [0, 0.1) is 5.92 Å². The van der Waals surface area contributed by atoms with Crippen molar-refractivity contribution >= 4 is 11.8 Å². The average molecular weight is 395 g/mol. The Morgan fingerprint density at radius 2 is 1.93 bits per heavy atom. The van der Waals surface area contributed by atoms with E-state index in [4.69, 9.17) is 0 Å². The molecule has 152 valence electrons. The third-order valence-electron chi connectivity index (χ3n) is 5.88. The summed E-state index contributed by atoms with van der Waals surface area (Å²) in [6.07, 6.45) is 6.85. The molecule has 0 bridgehead atoms. The lowest BCUT2D eigenvalue weighted by molar-refractivity contribution is -0.128. The van der Waals surface area contributed by atoms with Crippen LogP contribution in [0.2, 0.25) is 0 Å². The number of nitrogens with one attached hydrogen (secondary N) is 1. The summed E-state index contributed by atoms with van der Waals surface area (Å²) in [5.74, 6) is -0.279. The van der Waals surface area contributed by atoms with Gasteiger partial charge >= 0.3 is 0 Å². The predicted octanol–water partition coefficient (Wildman–Crippen LogP) is 1.38. The summed E-state index contributed by atoms with van der Waals surface area (Å²) in [4.78, 5) is 42.2. The highest BCUT2D eigenvalue weighted by atomic mass is 16.2. The Bertz CT molecular complexity index is 950. The molecule has 1 saturated heterocycles. The zero-order chi connectivity index (χ0) is 20.4. The van der Waals surface area contributed by atoms with E-state index in [1.54, 1.807) is 41.2 Å². The maximum absolute atomic E-state index is 12.4. The van der Waals surface area contributed by atoms with Crippen molar-refractivity contribution in [1.29, 1.82) is 0 Å². The molecule has 1 saturated carbocycles. The van der Waals surface area contributed by atoms with E-state index in [1.165, 1.54) is 0 Å². The van der Waals surface area contributed by atoms with Gasteiger partial charge in [-0.15, -0.1) is 0 Å². The van der Waals surface area contributed by atoms with E-state index >= 15 is 0 Å². The molecule has 1 atom stereocenters. The molecule has 1 aliphatic carbocycles. The first kappa shape index (κ1) is 19.3. The summed E-state index contributed by atoms with van der Waals surface area (Å²) < 4.78 is 1.57. The van der Waals surface area contributed by atoms with Gasteiger partial charge in [-0.25, -0.2) is 4.68 Å². The smallest absolute Gasteiger partial charge is 0.267 e. The van der Waals surface area contributed by atoms with E-state index in [9.17, 15) is 14.4 Å². The average Bonchev–Trinajstić information content (AvgIpc) is 3.08. The van der Waals surface area contributed by atoms with Gasteiger partial charge in [0, 0.05) is 50.1 Å². The van der Waals surface area contributed by atoms with Crippen molar-refractivity contribution in [2.24, 2.45) is 5.92 Å². The maximum atomic E-state index is 12.4. The van der Waals surface area contributed by atoms with E-state index < -0.39 is 0 Å². The maximum Gasteiger partial charge on any atom is 0.267 e. The van der Waals surface area contributed by atoms with Crippen LogP contribution in [0.3, 0.4) is 0 Å². The Morgan fingerprint density at radius 3 is 2.59 bits per heavy atom. The van der Waals surface area contributed by atoms with Crippen LogP contribution < -0.4 is 10.9 Å². The lowest BCUT2D eigenvalue weighted by atomic mass is 9.90. The number of rotatable bonds is 4. The van der Waals surface area contributed by atoms with Crippen molar-refractivity contribution < 1.29 is 9.59 Å². The van der Waals surface area contributed by atoms with E-state index in [2.05, 4.69) is 15.4 Å². The monoisotopic (exact) mass is 395 g/mol. The molecule has 2 fully saturated rings. The zero-order valence-electron chi connectivity index (χ0n) is 16.5. The molecule has 8 nitrogen and oxygen atoms in total. The second-order valence-corrected chi connectivity index (χ2v) is 7.93. The number of nitrogens with zero attached hydrogens (tertiary/aromatic N) is 4. The molecule has 2 aromatic heterocycles. The lowest BCUT2D eigenvalue weighted by Gasteiger charge is -2.30. The van der Waals surface area contributed by atoms with Crippen molar-refractivity contribution in [2.45, 2.75) is 44.2 Å². The van der Waals surface area contributed by atoms with Crippen molar-refractivity contribution in [2.75, 3.05) is 13.6 Å². The van der Waals surface area contributed by atoms with Crippen LogP contribution in [0.4, 0.5) is 0 Å². The summed E-state index contributed by atoms with van der Waals surface area (Å²) in [7, 11) is 1.73. The lowest BCUT2D eigenvalue weighted by Crippen LogP contribution is -2.42. The van der Waals surface area contributed by atoms with Gasteiger partial charge in [-0.1, -0.05) is 0 Å². The van der Waals surface area contributed by atoms with Crippen LogP contribution in [0.25, 0.3) is 11.3 Å². The molecule has 3 heterocycles. The molecule has 2 aliphatic rings. The molecule has 4 rings (SSSR count). The van der Waals surface area contributed by atoms with Gasteiger partial charge in [0.1, 0.15) is 0 Å². The van der Waals surface area contributed by atoms with Gasteiger partial charge in [0.2, 0.25) is 11.8 Å². The summed E-state index contributed by atoms with van der Waals surface area (Å²) in [5.41, 5.74) is 1.49. The first-order valence-corrected chi connectivity index (χ1v) is 10.1. The number of hydrogen-bond acceptors (Lipinski definition) is 5. The van der Waals surface area contributed by atoms with Gasteiger partial charge in [-0.3, -0.25) is 19.4 Å². The molecule has 1 unspecified atom stereocenters. The number of likely N-dealkylation sites (tertiary alicyclic amines) is 1. The van der Waals surface area contributed by atoms with Crippen molar-refractivity contribution in [3.63, 3.8) is 0 Å². The fraction of sp³-hybridized carbons (Fsp3) is 0.476. The Hall–Kier alpha value is -3.03. The SMILES string of the molecule is CN1CC(C(=O)NC2CCC(n3nc(-c4cccnc4)ccc3=O)CC2)CC1=O. The molecule has 2 amide bonds. The predicted molar refractivity (Wildman–Crippen MR) is 107 cm³/mol. The van der Waals surface area contributed by atoms with Gasteiger partial charge < -0.3 is 10.2 Å². The highest BCUT2D eigenvalue weighted by Crippen LogP contribution is 2.28. The topological polar surface area (TPSA) is 97.2 Å². The van der Waals surface area contributed by atoms with Crippen LogP contribution in [-0.2, 0) is 9.59 Å². The van der Waals surface area contributed by atoms with Gasteiger partial charge in [-0.05, 0) is 43.9 Å². The first-order valence-electron chi connectivity index (χ1n) is 10.1. The Labute approximate surface area is 168 Å². The minimum absolute atomic E-state index is 0.0199. The number of carbonyl (C=O) groups is 2. The fourth-order valence-corrected chi connectivity index (χ4v) is 4.18. The summed E-state index contributed by atoms with van der Waals surface area (Å²) in [6, 6.07) is 7.14. The number of amides is 2. The highest BCUT2D eigenvalue weighted by molar-refractivity contribution is 5.89. The summed E-state index contributed by atoms with van der Waals surface area (Å²) in [5, 5.41) is 7.66. The van der Waals surface area contributed by atoms with Crippen LogP contribution in [0.1, 0.15) is 38.1 Å². The van der Waals surface area contributed by atoms with Crippen LogP contribution in [0.15, 0.2) is 41.5 Å². The Balaban J connectivity index is 1.38. The third kappa shape index (κ3) is 4.21. The molecule has 29 heavy (non-hydrogen) atoms. The van der Waals surface area contributed by atoms with E-state index in [-0.39, 0.29) is 41.8 Å². The fourth-order valence-electron chi connectivity index (χ4n) is 4.18. The van der Waals surface area contributed by atoms with Gasteiger partial charge in [0.05, 0.1) is 17.7 Å². The van der Waals surface area contributed by atoms with E-state index in [0.717, 1.165) is 36.9 Å². The van der Waals surface area contributed by atoms with Gasteiger partial charge in [-0.2, -0.15) is 5.10 Å². The van der Waals surface area contributed by atoms with Crippen LogP contribution >= 0.6 is 0 Å². The largest absolute Gasteiger partial charge is 0.353 e. The van der Waals surface area contributed by atoms with Gasteiger partial charge in [0.15, 0.2) is 0 Å². The minimum Gasteiger partial charge on any atom is -0.353 e. The number of carbonyl (C=O) groups excluding carboxylic acids is 2. The molecular formula is C21H25N5O3. The zero-order valence-corrected chi connectivity index (χ0v) is 16.5. The molecule has 0 aromatic carbocycles.